The quantitative estimate of drug-likeness (QED) is 0.00889. The number of aliphatic hydroxyl groups is 9. The molecule has 1 saturated carbocycles. The normalized spacial score (nSPS) is 25.0. The van der Waals surface area contributed by atoms with Crippen LogP contribution in [0.25, 0.3) is 0 Å². The first-order valence-corrected chi connectivity index (χ1v) is 48.9. The maximum Gasteiger partial charge on any atom is 0.472 e. The van der Waals surface area contributed by atoms with Crippen LogP contribution in [0.2, 0.25) is 0 Å². The molecule has 10 N–H and O–H groups in total. The highest BCUT2D eigenvalue weighted by Gasteiger charge is 2.60. The lowest BCUT2D eigenvalue weighted by molar-refractivity contribution is -0.360. The molecule has 0 aromatic carbocycles. The predicted molar refractivity (Wildman–Crippen MR) is 453 cm³/mol. The topological polar surface area (TPSA) is 380 Å². The molecule has 3 aliphatic rings. The lowest BCUT2D eigenvalue weighted by atomic mass is 9.84. The van der Waals surface area contributed by atoms with Gasteiger partial charge < -0.3 is 88.7 Å². The number of rotatable bonds is 77. The van der Waals surface area contributed by atoms with E-state index in [4.69, 9.17) is 46.9 Å². The highest BCUT2D eigenvalue weighted by Crippen LogP contribution is 2.49. The summed E-state index contributed by atoms with van der Waals surface area (Å²) in [7, 11) is -5.81. The molecule has 0 amide bonds. The Morgan fingerprint density at radius 2 is 0.641 bits per heavy atom. The Kier molecular flexibility index (Phi) is 65.3. The molecule has 688 valence electrons. The number of hydrogen-bond acceptors (Lipinski definition) is 24. The van der Waals surface area contributed by atoms with E-state index in [0.29, 0.717) is 38.5 Å². The van der Waals surface area contributed by atoms with Crippen LogP contribution in [0.3, 0.4) is 0 Å². The summed E-state index contributed by atoms with van der Waals surface area (Å²) >= 11 is 0. The number of allylic oxidation sites excluding steroid dienone is 2. The Hall–Kier alpha value is -2.79. The van der Waals surface area contributed by atoms with Crippen molar-refractivity contribution in [3.63, 3.8) is 0 Å². The number of carbonyl (C=O) groups excluding carboxylic acids is 4. The molecule has 0 radical (unpaired) electrons. The molecule has 0 aromatic heterocycles. The second-order valence-electron chi connectivity index (χ2n) is 33.9. The lowest BCUT2D eigenvalue weighted by Crippen LogP contribution is -2.70. The number of esters is 4. The minimum atomic E-state index is -5.81. The summed E-state index contributed by atoms with van der Waals surface area (Å²) in [5.74, 6) is -2.97. The zero-order chi connectivity index (χ0) is 85.4. The van der Waals surface area contributed by atoms with Crippen molar-refractivity contribution in [2.24, 2.45) is 0 Å². The fraction of sp³-hybridized carbons (Fsp3) is 0.934. The molecule has 2 heterocycles. The van der Waals surface area contributed by atoms with Gasteiger partial charge in [0.2, 0.25) is 0 Å². The third kappa shape index (κ3) is 50.7. The van der Waals surface area contributed by atoms with Gasteiger partial charge in [-0.3, -0.25) is 28.2 Å². The van der Waals surface area contributed by atoms with Crippen LogP contribution in [0.5, 0.6) is 0 Å². The average Bonchev–Trinajstić information content (AvgIpc) is 0.754. The van der Waals surface area contributed by atoms with Gasteiger partial charge in [0.15, 0.2) is 24.8 Å². The lowest BCUT2D eigenvalue weighted by Gasteiger charge is -2.50. The Balaban J connectivity index is 1.91. The third-order valence-electron chi connectivity index (χ3n) is 23.3. The van der Waals surface area contributed by atoms with Gasteiger partial charge in [-0.15, -0.1) is 0 Å². The van der Waals surface area contributed by atoms with Crippen molar-refractivity contribution in [3.05, 3.63) is 12.2 Å². The molecule has 18 atom stereocenters. The van der Waals surface area contributed by atoms with Gasteiger partial charge in [0.1, 0.15) is 92.6 Å². The van der Waals surface area contributed by atoms with E-state index in [0.717, 1.165) is 122 Å². The van der Waals surface area contributed by atoms with Crippen LogP contribution in [0.4, 0.5) is 0 Å². The molecule has 1 aliphatic carbocycles. The monoisotopic (exact) mass is 1690 g/mol. The SMILES string of the molecule is CCCCCCCC/C=C\CCCCCC(=O)OC(COC(=O)CCCCCCCCCCCCCCCCC)COP(=O)(O)OC1C(OC2OC(CO)C(O)C(O)C2O)C(O)C(O)C(OC(=O)CCCCCCCCCCCCCCCCC)C1OC1OC(COC(=O)CCCCCCCCCCCCCCCCC)C(O)C(O)C1O. The maximum absolute atomic E-state index is 14.9. The van der Waals surface area contributed by atoms with E-state index < -0.39 is 162 Å². The summed E-state index contributed by atoms with van der Waals surface area (Å²) in [5, 5.41) is 102. The average molecular weight is 1690 g/mol. The molecule has 0 aromatic rings. The smallest absolute Gasteiger partial charge is 0.463 e. The second-order valence-corrected chi connectivity index (χ2v) is 35.3. The van der Waals surface area contributed by atoms with Gasteiger partial charge in [-0.1, -0.05) is 348 Å². The Morgan fingerprint density at radius 3 is 1.03 bits per heavy atom. The number of aliphatic hydroxyl groups excluding tert-OH is 9. The molecule has 2 saturated heterocycles. The van der Waals surface area contributed by atoms with E-state index >= 15 is 0 Å². The van der Waals surface area contributed by atoms with E-state index in [9.17, 15) is 74.6 Å². The molecule has 25 nitrogen and oxygen atoms in total. The van der Waals surface area contributed by atoms with Crippen LogP contribution in [0.1, 0.15) is 413 Å². The maximum atomic E-state index is 14.9. The third-order valence-corrected chi connectivity index (χ3v) is 24.3. The summed E-state index contributed by atoms with van der Waals surface area (Å²) < 4.78 is 73.4. The molecule has 26 heteroatoms. The zero-order valence-corrected chi connectivity index (χ0v) is 74.2. The van der Waals surface area contributed by atoms with Crippen LogP contribution in [0, 0.1) is 0 Å². The van der Waals surface area contributed by atoms with E-state index in [-0.39, 0.29) is 25.7 Å². The van der Waals surface area contributed by atoms with Gasteiger partial charge in [0, 0.05) is 25.7 Å². The van der Waals surface area contributed by atoms with Crippen molar-refractivity contribution in [3.8, 4) is 0 Å². The predicted octanol–water partition coefficient (Wildman–Crippen LogP) is 17.6. The minimum Gasteiger partial charge on any atom is -0.463 e. The van der Waals surface area contributed by atoms with E-state index in [2.05, 4.69) is 39.8 Å². The molecular weight excluding hydrogens is 1520 g/mol. The van der Waals surface area contributed by atoms with Crippen molar-refractivity contribution in [1.82, 2.24) is 0 Å². The van der Waals surface area contributed by atoms with Gasteiger partial charge >= 0.3 is 31.7 Å². The van der Waals surface area contributed by atoms with Crippen LogP contribution >= 0.6 is 7.82 Å². The van der Waals surface area contributed by atoms with Crippen molar-refractivity contribution in [2.75, 3.05) is 26.4 Å². The molecule has 0 bridgehead atoms. The number of carbonyl (C=O) groups is 4. The fourth-order valence-corrected chi connectivity index (χ4v) is 16.7. The van der Waals surface area contributed by atoms with Crippen LogP contribution in [-0.4, -0.2) is 205 Å². The van der Waals surface area contributed by atoms with E-state index in [1.807, 2.05) is 0 Å². The number of hydrogen-bond donors (Lipinski definition) is 10. The van der Waals surface area contributed by atoms with E-state index in [1.165, 1.54) is 199 Å². The highest BCUT2D eigenvalue weighted by molar-refractivity contribution is 7.47. The van der Waals surface area contributed by atoms with Crippen molar-refractivity contribution >= 4 is 31.7 Å². The summed E-state index contributed by atoms with van der Waals surface area (Å²) in [4.78, 5) is 66.4. The number of phosphoric ester groups is 1. The van der Waals surface area contributed by atoms with Gasteiger partial charge in [-0.2, -0.15) is 0 Å². The summed E-state index contributed by atoms with van der Waals surface area (Å²) in [6.07, 6.45) is 29.1. The number of ether oxygens (including phenoxy) is 8. The van der Waals surface area contributed by atoms with Crippen LogP contribution in [-0.2, 0) is 70.7 Å². The fourth-order valence-electron chi connectivity index (χ4n) is 15.7. The molecule has 3 fully saturated rings. The molecule has 3 rings (SSSR count). The summed E-state index contributed by atoms with van der Waals surface area (Å²) in [6.45, 7) is 5.60. The van der Waals surface area contributed by atoms with Crippen LogP contribution in [0.15, 0.2) is 12.2 Å². The summed E-state index contributed by atoms with van der Waals surface area (Å²) in [6, 6.07) is 0. The molecule has 0 spiro atoms. The van der Waals surface area contributed by atoms with Gasteiger partial charge in [0.25, 0.3) is 0 Å². The Bertz CT molecular complexity index is 2480. The Morgan fingerprint density at radius 1 is 0.333 bits per heavy atom. The van der Waals surface area contributed by atoms with Gasteiger partial charge in [-0.25, -0.2) is 4.57 Å². The molecule has 18 unspecified atom stereocenters. The zero-order valence-electron chi connectivity index (χ0n) is 73.3. The van der Waals surface area contributed by atoms with Gasteiger partial charge in [0.05, 0.1) is 13.2 Å². The van der Waals surface area contributed by atoms with Crippen LogP contribution < -0.4 is 0 Å². The highest BCUT2D eigenvalue weighted by atomic mass is 31.2. The molecule has 2 aliphatic heterocycles. The first-order chi connectivity index (χ1) is 56.7. The van der Waals surface area contributed by atoms with Crippen molar-refractivity contribution < 1.29 is 122 Å². The van der Waals surface area contributed by atoms with Crippen molar-refractivity contribution in [2.45, 2.75) is 517 Å². The second kappa shape index (κ2) is 70.5. The van der Waals surface area contributed by atoms with E-state index in [1.54, 1.807) is 0 Å². The van der Waals surface area contributed by atoms with Crippen molar-refractivity contribution in [1.29, 1.82) is 0 Å². The summed E-state index contributed by atoms with van der Waals surface area (Å²) in [5.41, 5.74) is 0. The standard InChI is InChI=1S/C91H169O25P/c1-5-9-13-17-21-25-29-33-36-40-43-47-51-55-59-63-74(93)107-68-71(110-76(95)65-61-57-53-49-45-39-32-28-24-20-16-12-8-4)69-109-117(105,106)116-89-87(114-90-84(103)80(99)78(97)72(67-92)111-90)83(102)82(101)86(113-77(96)66-62-58-54-50-46-42-38-35-31-27-23-19-15-11-7-3)88(89)115-91-85(104)81(100)79(98)73(112-91)70-108-75(94)64-60-56-52-48-44-41-37-34-30-26-22-18-14-10-6-2/h39,45,71-73,78-92,97-104H,5-38,40-44,46-70H2,1-4H3,(H,105,106)/b45-39-. The number of phosphoric acid groups is 1. The molecule has 117 heavy (non-hydrogen) atoms. The Labute approximate surface area is 705 Å². The molecular formula is C91H169O25P. The minimum absolute atomic E-state index is 0.0185. The first-order valence-electron chi connectivity index (χ1n) is 47.4. The van der Waals surface area contributed by atoms with Gasteiger partial charge in [-0.05, 0) is 51.4 Å². The number of unbranched alkanes of at least 4 members (excludes halogenated alkanes) is 51. The first kappa shape index (κ1) is 108. The largest absolute Gasteiger partial charge is 0.472 e.